The summed E-state index contributed by atoms with van der Waals surface area (Å²) in [5, 5.41) is 8.65. The molecule has 0 saturated carbocycles. The van der Waals surface area contributed by atoms with E-state index in [2.05, 4.69) is 0 Å². The summed E-state index contributed by atoms with van der Waals surface area (Å²) in [6.45, 7) is 2.66. The van der Waals surface area contributed by atoms with Crippen molar-refractivity contribution in [2.75, 3.05) is 20.2 Å². The highest BCUT2D eigenvalue weighted by atomic mass is 16.5. The van der Waals surface area contributed by atoms with Crippen LogP contribution in [-0.4, -0.2) is 42.1 Å². The molecule has 0 spiro atoms. The number of benzene rings is 1. The lowest BCUT2D eigenvalue weighted by atomic mass is 10.1. The van der Waals surface area contributed by atoms with Crippen LogP contribution < -0.4 is 4.74 Å². The van der Waals surface area contributed by atoms with Gasteiger partial charge >= 0.3 is 5.97 Å². The number of carbonyl (C=O) groups is 2. The van der Waals surface area contributed by atoms with Gasteiger partial charge in [0.25, 0.3) is 0 Å². The highest BCUT2D eigenvalue weighted by molar-refractivity contribution is 5.77. The topological polar surface area (TPSA) is 66.8 Å². The summed E-state index contributed by atoms with van der Waals surface area (Å²) in [7, 11) is 1.61. The Morgan fingerprint density at radius 2 is 1.85 bits per heavy atom. The van der Waals surface area contributed by atoms with Gasteiger partial charge in [-0.2, -0.15) is 0 Å². The number of rotatable bonds is 8. The fourth-order valence-corrected chi connectivity index (χ4v) is 1.89. The van der Waals surface area contributed by atoms with Crippen LogP contribution in [0.25, 0.3) is 0 Å². The first-order valence-corrected chi connectivity index (χ1v) is 6.69. The standard InChI is InChI=1S/C15H21NO4/c1-3-16(11-10-15(18)19)14(17)9-6-12-4-7-13(20-2)8-5-12/h4-5,7-8H,3,6,9-11H2,1-2H3,(H,18,19). The Morgan fingerprint density at radius 1 is 1.20 bits per heavy atom. The summed E-state index contributed by atoms with van der Waals surface area (Å²) < 4.78 is 5.07. The maximum Gasteiger partial charge on any atom is 0.305 e. The highest BCUT2D eigenvalue weighted by Crippen LogP contribution is 2.13. The molecule has 20 heavy (non-hydrogen) atoms. The predicted octanol–water partition coefficient (Wildman–Crippen LogP) is 1.95. The minimum atomic E-state index is -0.883. The number of amides is 1. The molecule has 0 atom stereocenters. The fraction of sp³-hybridized carbons (Fsp3) is 0.467. The highest BCUT2D eigenvalue weighted by Gasteiger charge is 2.12. The van der Waals surface area contributed by atoms with Gasteiger partial charge in [-0.3, -0.25) is 9.59 Å². The third-order valence-electron chi connectivity index (χ3n) is 3.12. The molecular formula is C15H21NO4. The van der Waals surface area contributed by atoms with Crippen LogP contribution >= 0.6 is 0 Å². The van der Waals surface area contributed by atoms with E-state index in [1.807, 2.05) is 31.2 Å². The van der Waals surface area contributed by atoms with Crippen molar-refractivity contribution < 1.29 is 19.4 Å². The van der Waals surface area contributed by atoms with Gasteiger partial charge in [0.2, 0.25) is 5.91 Å². The Kier molecular flexibility index (Phi) is 6.56. The van der Waals surface area contributed by atoms with Crippen molar-refractivity contribution in [2.45, 2.75) is 26.2 Å². The van der Waals surface area contributed by atoms with E-state index in [0.717, 1.165) is 11.3 Å². The van der Waals surface area contributed by atoms with Crippen LogP contribution in [0.5, 0.6) is 5.75 Å². The molecule has 0 aromatic heterocycles. The van der Waals surface area contributed by atoms with Crippen molar-refractivity contribution in [3.05, 3.63) is 29.8 Å². The third-order valence-corrected chi connectivity index (χ3v) is 3.12. The van der Waals surface area contributed by atoms with Crippen LogP contribution in [0, 0.1) is 0 Å². The number of hydrogen-bond donors (Lipinski definition) is 1. The van der Waals surface area contributed by atoms with Crippen LogP contribution in [-0.2, 0) is 16.0 Å². The number of carboxylic acids is 1. The molecule has 5 nitrogen and oxygen atoms in total. The lowest BCUT2D eigenvalue weighted by Crippen LogP contribution is -2.32. The number of carbonyl (C=O) groups excluding carboxylic acids is 1. The average Bonchev–Trinajstić information content (AvgIpc) is 2.46. The van der Waals surface area contributed by atoms with Crippen LogP contribution in [0.2, 0.25) is 0 Å². The molecule has 1 amide bonds. The van der Waals surface area contributed by atoms with E-state index in [1.165, 1.54) is 0 Å². The summed E-state index contributed by atoms with van der Waals surface area (Å²) in [4.78, 5) is 24.1. The number of methoxy groups -OCH3 is 1. The maximum atomic E-state index is 12.0. The molecule has 1 aromatic rings. The number of aryl methyl sites for hydroxylation is 1. The van der Waals surface area contributed by atoms with Gasteiger partial charge in [0.1, 0.15) is 5.75 Å². The van der Waals surface area contributed by atoms with Gasteiger partial charge in [-0.25, -0.2) is 0 Å². The summed E-state index contributed by atoms with van der Waals surface area (Å²) in [6.07, 6.45) is 1.02. The second-order valence-corrected chi connectivity index (χ2v) is 4.47. The Hall–Kier alpha value is -2.04. The van der Waals surface area contributed by atoms with E-state index >= 15 is 0 Å². The lowest BCUT2D eigenvalue weighted by Gasteiger charge is -2.19. The molecule has 5 heteroatoms. The van der Waals surface area contributed by atoms with Crippen LogP contribution in [0.3, 0.4) is 0 Å². The van der Waals surface area contributed by atoms with Crippen molar-refractivity contribution in [3.8, 4) is 5.75 Å². The predicted molar refractivity (Wildman–Crippen MR) is 75.8 cm³/mol. The van der Waals surface area contributed by atoms with Crippen molar-refractivity contribution in [3.63, 3.8) is 0 Å². The monoisotopic (exact) mass is 279 g/mol. The quantitative estimate of drug-likeness (QED) is 0.790. The molecule has 0 aliphatic heterocycles. The van der Waals surface area contributed by atoms with E-state index in [0.29, 0.717) is 19.4 Å². The first-order valence-electron chi connectivity index (χ1n) is 6.69. The fourth-order valence-electron chi connectivity index (χ4n) is 1.89. The summed E-state index contributed by atoms with van der Waals surface area (Å²) in [6, 6.07) is 7.59. The summed E-state index contributed by atoms with van der Waals surface area (Å²) >= 11 is 0. The van der Waals surface area contributed by atoms with Crippen molar-refractivity contribution in [1.82, 2.24) is 4.90 Å². The number of aliphatic carboxylic acids is 1. The Bertz CT molecular complexity index is 442. The average molecular weight is 279 g/mol. The minimum Gasteiger partial charge on any atom is -0.497 e. The first kappa shape index (κ1) is 16.0. The Morgan fingerprint density at radius 3 is 2.35 bits per heavy atom. The van der Waals surface area contributed by atoms with Gasteiger partial charge in [0.05, 0.1) is 13.5 Å². The molecule has 0 radical (unpaired) electrons. The van der Waals surface area contributed by atoms with Gasteiger partial charge in [0, 0.05) is 19.5 Å². The SMILES string of the molecule is CCN(CCC(=O)O)C(=O)CCc1ccc(OC)cc1. The van der Waals surface area contributed by atoms with E-state index in [9.17, 15) is 9.59 Å². The van der Waals surface area contributed by atoms with E-state index in [1.54, 1.807) is 12.0 Å². The number of hydrogen-bond acceptors (Lipinski definition) is 3. The summed E-state index contributed by atoms with van der Waals surface area (Å²) in [5.74, 6) is -0.104. The number of carboxylic acid groups (broad SMARTS) is 1. The van der Waals surface area contributed by atoms with Crippen molar-refractivity contribution in [2.24, 2.45) is 0 Å². The Labute approximate surface area is 119 Å². The molecule has 0 unspecified atom stereocenters. The van der Waals surface area contributed by atoms with Crippen LogP contribution in [0.4, 0.5) is 0 Å². The van der Waals surface area contributed by atoms with Gasteiger partial charge < -0.3 is 14.7 Å². The largest absolute Gasteiger partial charge is 0.497 e. The smallest absolute Gasteiger partial charge is 0.305 e. The molecule has 1 aromatic carbocycles. The second-order valence-electron chi connectivity index (χ2n) is 4.47. The number of ether oxygens (including phenoxy) is 1. The van der Waals surface area contributed by atoms with Crippen LogP contribution in [0.15, 0.2) is 24.3 Å². The van der Waals surface area contributed by atoms with Gasteiger partial charge in [-0.1, -0.05) is 12.1 Å². The molecule has 0 fully saturated rings. The molecule has 1 N–H and O–H groups in total. The van der Waals surface area contributed by atoms with Gasteiger partial charge in [-0.05, 0) is 31.0 Å². The Balaban J connectivity index is 2.45. The maximum absolute atomic E-state index is 12.0. The third kappa shape index (κ3) is 5.30. The molecule has 0 aliphatic carbocycles. The zero-order chi connectivity index (χ0) is 15.0. The van der Waals surface area contributed by atoms with Crippen molar-refractivity contribution >= 4 is 11.9 Å². The molecule has 1 rings (SSSR count). The molecule has 0 bridgehead atoms. The minimum absolute atomic E-state index is 0.00966. The van der Waals surface area contributed by atoms with Crippen LogP contribution in [0.1, 0.15) is 25.3 Å². The lowest BCUT2D eigenvalue weighted by molar-refractivity contribution is -0.138. The van der Waals surface area contributed by atoms with E-state index in [4.69, 9.17) is 9.84 Å². The normalized spacial score (nSPS) is 10.1. The summed E-state index contributed by atoms with van der Waals surface area (Å²) in [5.41, 5.74) is 1.06. The van der Waals surface area contributed by atoms with Crippen molar-refractivity contribution in [1.29, 1.82) is 0 Å². The molecular weight excluding hydrogens is 258 g/mol. The zero-order valence-corrected chi connectivity index (χ0v) is 12.0. The zero-order valence-electron chi connectivity index (χ0n) is 12.0. The molecule has 110 valence electrons. The van der Waals surface area contributed by atoms with Gasteiger partial charge in [-0.15, -0.1) is 0 Å². The van der Waals surface area contributed by atoms with E-state index < -0.39 is 5.97 Å². The first-order chi connectivity index (χ1) is 9.56. The van der Waals surface area contributed by atoms with Gasteiger partial charge in [0.15, 0.2) is 0 Å². The second kappa shape index (κ2) is 8.19. The molecule has 0 saturated heterocycles. The number of nitrogens with zero attached hydrogens (tertiary/aromatic N) is 1. The van der Waals surface area contributed by atoms with E-state index in [-0.39, 0.29) is 18.9 Å². The molecule has 0 aliphatic rings. The molecule has 0 heterocycles.